The van der Waals surface area contributed by atoms with Gasteiger partial charge in [0.25, 0.3) is 0 Å². The Morgan fingerprint density at radius 2 is 1.50 bits per heavy atom. The first-order chi connectivity index (χ1) is 14.4. The van der Waals surface area contributed by atoms with Crippen LogP contribution in [-0.4, -0.2) is 69.7 Å². The number of aliphatic hydroxyl groups excluding tert-OH is 3. The number of hydrogen-bond donors (Lipinski definition) is 4. The van der Waals surface area contributed by atoms with Gasteiger partial charge in [-0.2, -0.15) is 0 Å². The van der Waals surface area contributed by atoms with Crippen molar-refractivity contribution < 1.29 is 44.2 Å². The molecule has 0 spiro atoms. The summed E-state index contributed by atoms with van der Waals surface area (Å²) in [6, 6.07) is 16.1. The lowest BCUT2D eigenvalue weighted by molar-refractivity contribution is -0.310. The van der Waals surface area contributed by atoms with E-state index in [9.17, 15) is 30.0 Å². The van der Waals surface area contributed by atoms with Gasteiger partial charge in [0.15, 0.2) is 12.4 Å². The highest BCUT2D eigenvalue weighted by Crippen LogP contribution is 2.28. The monoisotopic (exact) mass is 418 g/mol. The van der Waals surface area contributed by atoms with E-state index in [0.29, 0.717) is 5.56 Å². The van der Waals surface area contributed by atoms with E-state index in [1.165, 1.54) is 12.1 Å². The van der Waals surface area contributed by atoms with Crippen molar-refractivity contribution in [3.05, 3.63) is 71.8 Å². The van der Waals surface area contributed by atoms with Gasteiger partial charge in [0.2, 0.25) is 0 Å². The number of carbonyl (C=O) groups excluding carboxylic acids is 1. The first-order valence-corrected chi connectivity index (χ1v) is 9.23. The van der Waals surface area contributed by atoms with Crippen LogP contribution in [0.4, 0.5) is 0 Å². The Morgan fingerprint density at radius 3 is 2.10 bits per heavy atom. The molecule has 0 saturated carbocycles. The lowest BCUT2D eigenvalue weighted by atomic mass is 9.99. The first kappa shape index (κ1) is 21.9. The number of carboxylic acid groups (broad SMARTS) is 1. The van der Waals surface area contributed by atoms with Crippen LogP contribution in [0.2, 0.25) is 0 Å². The minimum atomic E-state index is -1.72. The van der Waals surface area contributed by atoms with Crippen molar-refractivity contribution in [2.24, 2.45) is 0 Å². The van der Waals surface area contributed by atoms with Crippen molar-refractivity contribution in [3.63, 3.8) is 0 Å². The van der Waals surface area contributed by atoms with E-state index >= 15 is 0 Å². The topological polar surface area (TPSA) is 143 Å². The quantitative estimate of drug-likeness (QED) is 0.473. The first-order valence-electron chi connectivity index (χ1n) is 9.23. The van der Waals surface area contributed by atoms with Crippen LogP contribution in [0.15, 0.2) is 60.7 Å². The number of rotatable bonds is 7. The maximum atomic E-state index is 12.1. The van der Waals surface area contributed by atoms with E-state index in [4.69, 9.17) is 14.2 Å². The van der Waals surface area contributed by atoms with Crippen molar-refractivity contribution in [3.8, 4) is 0 Å². The van der Waals surface area contributed by atoms with E-state index in [1.807, 2.05) is 0 Å². The Hall–Kier alpha value is -2.82. The maximum absolute atomic E-state index is 12.1. The van der Waals surface area contributed by atoms with Crippen LogP contribution in [0.5, 0.6) is 0 Å². The summed E-state index contributed by atoms with van der Waals surface area (Å²) < 4.78 is 16.0. The Labute approximate surface area is 172 Å². The molecular weight excluding hydrogens is 396 g/mol. The lowest BCUT2D eigenvalue weighted by Gasteiger charge is -2.40. The maximum Gasteiger partial charge on any atom is 0.338 e. The third-order valence-corrected chi connectivity index (χ3v) is 4.65. The number of ether oxygens (including phenoxy) is 3. The molecule has 0 aliphatic carbocycles. The smallest absolute Gasteiger partial charge is 0.338 e. The van der Waals surface area contributed by atoms with Crippen LogP contribution in [0.3, 0.4) is 0 Å². The minimum absolute atomic E-state index is 0.284. The fraction of sp³-hybridized carbons (Fsp3) is 0.333. The zero-order valence-electron chi connectivity index (χ0n) is 15.8. The average molecular weight is 418 g/mol. The highest BCUT2D eigenvalue weighted by molar-refractivity contribution is 5.89. The molecule has 2 aromatic carbocycles. The number of carbonyl (C=O) groups is 2. The van der Waals surface area contributed by atoms with E-state index < -0.39 is 55.4 Å². The fourth-order valence-corrected chi connectivity index (χ4v) is 3.02. The summed E-state index contributed by atoms with van der Waals surface area (Å²) in [6.07, 6.45) is -9.30. The molecule has 1 fully saturated rings. The second-order valence-electron chi connectivity index (χ2n) is 6.74. The van der Waals surface area contributed by atoms with Gasteiger partial charge in [-0.1, -0.05) is 48.5 Å². The molecule has 0 unspecified atom stereocenters. The molecule has 1 heterocycles. The van der Waals surface area contributed by atoms with Crippen molar-refractivity contribution in [2.45, 2.75) is 36.8 Å². The van der Waals surface area contributed by atoms with E-state index in [0.717, 1.165) is 0 Å². The van der Waals surface area contributed by atoms with Crippen LogP contribution >= 0.6 is 0 Å². The van der Waals surface area contributed by atoms with Gasteiger partial charge in [-0.3, -0.25) is 0 Å². The number of hydrogen-bond acceptors (Lipinski definition) is 8. The fourth-order valence-electron chi connectivity index (χ4n) is 3.02. The van der Waals surface area contributed by atoms with Crippen molar-refractivity contribution in [1.29, 1.82) is 0 Å². The Kier molecular flexibility index (Phi) is 7.14. The summed E-state index contributed by atoms with van der Waals surface area (Å²) in [4.78, 5) is 23.7. The van der Waals surface area contributed by atoms with Crippen molar-refractivity contribution >= 4 is 11.9 Å². The van der Waals surface area contributed by atoms with Gasteiger partial charge in [0.1, 0.15) is 31.0 Å². The van der Waals surface area contributed by atoms with Gasteiger partial charge in [0, 0.05) is 0 Å². The molecule has 4 N–H and O–H groups in total. The summed E-state index contributed by atoms with van der Waals surface area (Å²) in [5.74, 6) is -2.00. The SMILES string of the molecule is O=C(OC[C@H]1O[C@@H](O[C@@H](C(=O)O)c2ccccc2)[C@H](O)[C@@H](O)[C@@H]1O)c1ccccc1. The van der Waals surface area contributed by atoms with Crippen LogP contribution in [0.25, 0.3) is 0 Å². The highest BCUT2D eigenvalue weighted by Gasteiger charge is 2.46. The van der Waals surface area contributed by atoms with Crippen molar-refractivity contribution in [2.75, 3.05) is 6.61 Å². The number of aliphatic carboxylic acids is 1. The van der Waals surface area contributed by atoms with Gasteiger partial charge in [-0.05, 0) is 17.7 Å². The molecule has 0 radical (unpaired) electrons. The minimum Gasteiger partial charge on any atom is -0.479 e. The summed E-state index contributed by atoms with van der Waals surface area (Å²) in [5, 5.41) is 40.0. The molecule has 2 aromatic rings. The Bertz CT molecular complexity index is 842. The van der Waals surface area contributed by atoms with Gasteiger partial charge in [0.05, 0.1) is 5.56 Å². The molecule has 3 rings (SSSR count). The van der Waals surface area contributed by atoms with Crippen molar-refractivity contribution in [1.82, 2.24) is 0 Å². The third-order valence-electron chi connectivity index (χ3n) is 4.65. The van der Waals surface area contributed by atoms with Crippen LogP contribution in [-0.2, 0) is 19.0 Å². The molecule has 9 nitrogen and oxygen atoms in total. The molecule has 0 bridgehead atoms. The van der Waals surface area contributed by atoms with Gasteiger partial charge in [-0.15, -0.1) is 0 Å². The summed E-state index contributed by atoms with van der Waals surface area (Å²) in [6.45, 7) is -0.443. The second kappa shape index (κ2) is 9.79. The Morgan fingerprint density at radius 1 is 0.900 bits per heavy atom. The number of esters is 1. The van der Waals surface area contributed by atoms with E-state index in [1.54, 1.807) is 48.5 Å². The predicted molar refractivity (Wildman–Crippen MR) is 101 cm³/mol. The molecule has 6 atom stereocenters. The van der Waals surface area contributed by atoms with Gasteiger partial charge >= 0.3 is 11.9 Å². The van der Waals surface area contributed by atoms with Crippen LogP contribution in [0.1, 0.15) is 22.0 Å². The lowest BCUT2D eigenvalue weighted by Crippen LogP contribution is -2.59. The summed E-state index contributed by atoms with van der Waals surface area (Å²) in [5.41, 5.74) is 0.583. The van der Waals surface area contributed by atoms with Crippen LogP contribution in [0, 0.1) is 0 Å². The van der Waals surface area contributed by atoms with Crippen LogP contribution < -0.4 is 0 Å². The predicted octanol–water partition coefficient (Wildman–Crippen LogP) is 0.493. The second-order valence-corrected chi connectivity index (χ2v) is 6.74. The molecular formula is C21H22O9. The van der Waals surface area contributed by atoms with E-state index in [2.05, 4.69) is 0 Å². The van der Waals surface area contributed by atoms with E-state index in [-0.39, 0.29) is 5.56 Å². The number of aliphatic hydroxyl groups is 3. The molecule has 0 aromatic heterocycles. The molecule has 9 heteroatoms. The van der Waals surface area contributed by atoms with Gasteiger partial charge < -0.3 is 34.6 Å². The summed E-state index contributed by atoms with van der Waals surface area (Å²) in [7, 11) is 0. The average Bonchev–Trinajstić information content (AvgIpc) is 2.77. The normalized spacial score (nSPS) is 27.2. The molecule has 1 saturated heterocycles. The molecule has 160 valence electrons. The molecule has 1 aliphatic rings. The zero-order chi connectivity index (χ0) is 21.7. The standard InChI is InChI=1S/C21H22O9/c22-15-14(11-28-20(27)13-9-5-2-6-10-13)29-21(17(24)16(15)23)30-18(19(25)26)12-7-3-1-4-8-12/h1-10,14-18,21-24H,11H2,(H,25,26)/t14-,15-,16+,17-,18-,21+/m1/s1. The molecule has 1 aliphatic heterocycles. The highest BCUT2D eigenvalue weighted by atomic mass is 16.7. The molecule has 0 amide bonds. The summed E-state index contributed by atoms with van der Waals surface area (Å²) >= 11 is 0. The largest absolute Gasteiger partial charge is 0.479 e. The molecule has 30 heavy (non-hydrogen) atoms. The van der Waals surface area contributed by atoms with Gasteiger partial charge in [-0.25, -0.2) is 9.59 Å². The Balaban J connectivity index is 1.69. The number of benzene rings is 2. The third kappa shape index (κ3) is 5.02. The number of carboxylic acids is 1. The zero-order valence-corrected chi connectivity index (χ0v) is 15.8.